The van der Waals surface area contributed by atoms with Crippen LogP contribution in [0.3, 0.4) is 0 Å². The van der Waals surface area contributed by atoms with Gasteiger partial charge in [-0.15, -0.1) is 0 Å². The van der Waals surface area contributed by atoms with Crippen LogP contribution in [0.15, 0.2) is 71.1 Å². The van der Waals surface area contributed by atoms with Crippen LogP contribution in [0.4, 0.5) is 0 Å². The molecule has 160 valence electrons. The average Bonchev–Trinajstić information content (AvgIpc) is 2.75. The van der Waals surface area contributed by atoms with E-state index in [0.717, 1.165) is 24.8 Å². The summed E-state index contributed by atoms with van der Waals surface area (Å²) in [5.74, 6) is -0.326. The first-order chi connectivity index (χ1) is 14.4. The van der Waals surface area contributed by atoms with Crippen molar-refractivity contribution in [1.82, 2.24) is 10.0 Å². The fourth-order valence-electron chi connectivity index (χ4n) is 3.51. The molecule has 0 spiro atoms. The fourth-order valence-corrected chi connectivity index (χ4v) is 4.83. The van der Waals surface area contributed by atoms with E-state index in [1.807, 2.05) is 30.3 Å². The molecule has 0 aliphatic heterocycles. The van der Waals surface area contributed by atoms with Crippen LogP contribution < -0.4 is 10.0 Å². The van der Waals surface area contributed by atoms with Crippen LogP contribution >= 0.6 is 11.6 Å². The Morgan fingerprint density at radius 2 is 1.77 bits per heavy atom. The van der Waals surface area contributed by atoms with Gasteiger partial charge in [0.15, 0.2) is 0 Å². The summed E-state index contributed by atoms with van der Waals surface area (Å²) >= 11 is 5.86. The van der Waals surface area contributed by atoms with Gasteiger partial charge in [-0.2, -0.15) is 4.72 Å². The third-order valence-electron chi connectivity index (χ3n) is 5.15. The number of carbonyl (C=O) groups excluding carboxylic acids is 1. The standard InChI is InChI=1S/C23H27ClN2O3S/c24-20-11-13-21(14-12-20)30(28,29)26-22(17-19-9-5-2-6-10-19)23(27)25-16-15-18-7-3-1-4-8-18/h2,5-7,9-14,22,26H,1,3-4,8,15-17H2,(H,25,27)/t22-/m1/s1. The zero-order valence-corrected chi connectivity index (χ0v) is 18.4. The second-order valence-electron chi connectivity index (χ2n) is 7.47. The van der Waals surface area contributed by atoms with E-state index in [2.05, 4.69) is 16.1 Å². The minimum Gasteiger partial charge on any atom is -0.354 e. The molecule has 5 nitrogen and oxygen atoms in total. The van der Waals surface area contributed by atoms with Crippen LogP contribution in [0.2, 0.25) is 5.02 Å². The molecule has 0 aromatic heterocycles. The molecule has 30 heavy (non-hydrogen) atoms. The van der Waals surface area contributed by atoms with Gasteiger partial charge in [0, 0.05) is 11.6 Å². The van der Waals surface area contributed by atoms with Crippen LogP contribution in [-0.2, 0) is 21.2 Å². The molecule has 0 fully saturated rings. The van der Waals surface area contributed by atoms with Gasteiger partial charge in [0.1, 0.15) is 6.04 Å². The third-order valence-corrected chi connectivity index (χ3v) is 6.89. The van der Waals surface area contributed by atoms with Gasteiger partial charge in [-0.1, -0.05) is 53.6 Å². The fraction of sp³-hybridized carbons (Fsp3) is 0.348. The Bertz CT molecular complexity index is 973. The highest BCUT2D eigenvalue weighted by Gasteiger charge is 2.26. The van der Waals surface area contributed by atoms with Crippen molar-refractivity contribution in [3.63, 3.8) is 0 Å². The Morgan fingerprint density at radius 3 is 2.43 bits per heavy atom. The molecule has 3 rings (SSSR count). The number of allylic oxidation sites excluding steroid dienone is 1. The van der Waals surface area contributed by atoms with Crippen molar-refractivity contribution >= 4 is 27.5 Å². The third kappa shape index (κ3) is 6.69. The van der Waals surface area contributed by atoms with E-state index in [-0.39, 0.29) is 17.2 Å². The summed E-state index contributed by atoms with van der Waals surface area (Å²) in [5, 5.41) is 3.35. The second kappa shape index (κ2) is 10.8. The van der Waals surface area contributed by atoms with E-state index < -0.39 is 16.1 Å². The monoisotopic (exact) mass is 446 g/mol. The van der Waals surface area contributed by atoms with Crippen LogP contribution in [0.25, 0.3) is 0 Å². The highest BCUT2D eigenvalue weighted by Crippen LogP contribution is 2.19. The second-order valence-corrected chi connectivity index (χ2v) is 9.62. The molecule has 2 aromatic carbocycles. The number of amides is 1. The summed E-state index contributed by atoms with van der Waals surface area (Å²) in [6.45, 7) is 0.499. The van der Waals surface area contributed by atoms with E-state index in [4.69, 9.17) is 11.6 Å². The normalized spacial score (nSPS) is 15.3. The lowest BCUT2D eigenvalue weighted by Crippen LogP contribution is -2.48. The van der Waals surface area contributed by atoms with Crippen molar-refractivity contribution in [2.45, 2.75) is 49.5 Å². The summed E-state index contributed by atoms with van der Waals surface area (Å²) in [6.07, 6.45) is 7.91. The van der Waals surface area contributed by atoms with E-state index in [1.165, 1.54) is 42.7 Å². The molecule has 1 aliphatic rings. The van der Waals surface area contributed by atoms with Gasteiger partial charge >= 0.3 is 0 Å². The molecule has 2 N–H and O–H groups in total. The summed E-state index contributed by atoms with van der Waals surface area (Å²) in [7, 11) is -3.87. The number of halogens is 1. The number of nitrogens with one attached hydrogen (secondary N) is 2. The van der Waals surface area contributed by atoms with Gasteiger partial charge in [-0.05, 0) is 68.4 Å². The van der Waals surface area contributed by atoms with E-state index in [9.17, 15) is 13.2 Å². The topological polar surface area (TPSA) is 75.3 Å². The number of hydrogen-bond acceptors (Lipinski definition) is 3. The number of benzene rings is 2. The minimum atomic E-state index is -3.87. The average molecular weight is 447 g/mol. The van der Waals surface area contributed by atoms with Crippen molar-refractivity contribution in [3.8, 4) is 0 Å². The first kappa shape index (κ1) is 22.5. The Labute approximate surface area is 183 Å². The predicted octanol–water partition coefficient (Wildman–Crippen LogP) is 4.24. The van der Waals surface area contributed by atoms with Crippen molar-refractivity contribution in [2.75, 3.05) is 6.54 Å². The minimum absolute atomic E-state index is 0.0742. The first-order valence-electron chi connectivity index (χ1n) is 10.2. The Hall–Kier alpha value is -2.15. The number of carbonyl (C=O) groups is 1. The highest BCUT2D eigenvalue weighted by atomic mass is 35.5. The van der Waals surface area contributed by atoms with Gasteiger partial charge in [0.25, 0.3) is 0 Å². The molecule has 0 saturated carbocycles. The summed E-state index contributed by atoms with van der Waals surface area (Å²) in [5.41, 5.74) is 2.24. The maximum atomic E-state index is 12.9. The van der Waals surface area contributed by atoms with Crippen LogP contribution in [0.1, 0.15) is 37.7 Å². The smallest absolute Gasteiger partial charge is 0.241 e. The Kier molecular flexibility index (Phi) is 8.08. The van der Waals surface area contributed by atoms with E-state index >= 15 is 0 Å². The lowest BCUT2D eigenvalue weighted by atomic mass is 9.97. The molecular formula is C23H27ClN2O3S. The zero-order valence-electron chi connectivity index (χ0n) is 16.8. The maximum Gasteiger partial charge on any atom is 0.241 e. The van der Waals surface area contributed by atoms with Crippen molar-refractivity contribution in [3.05, 3.63) is 76.8 Å². The summed E-state index contributed by atoms with van der Waals surface area (Å²) in [4.78, 5) is 12.9. The number of rotatable bonds is 9. The number of hydrogen-bond donors (Lipinski definition) is 2. The van der Waals surface area contributed by atoms with Crippen LogP contribution in [0.5, 0.6) is 0 Å². The molecule has 7 heteroatoms. The summed E-state index contributed by atoms with van der Waals surface area (Å²) in [6, 6.07) is 14.4. The Morgan fingerprint density at radius 1 is 1.03 bits per heavy atom. The lowest BCUT2D eigenvalue weighted by Gasteiger charge is -2.19. The first-order valence-corrected chi connectivity index (χ1v) is 12.1. The van der Waals surface area contributed by atoms with Gasteiger partial charge < -0.3 is 5.32 Å². The molecule has 0 saturated heterocycles. The van der Waals surface area contributed by atoms with Crippen LogP contribution in [0, 0.1) is 0 Å². The molecule has 0 heterocycles. The lowest BCUT2D eigenvalue weighted by molar-refractivity contribution is -0.122. The Balaban J connectivity index is 1.69. The van der Waals surface area contributed by atoms with Gasteiger partial charge in [-0.3, -0.25) is 4.79 Å². The van der Waals surface area contributed by atoms with Crippen molar-refractivity contribution in [1.29, 1.82) is 0 Å². The van der Waals surface area contributed by atoms with Gasteiger partial charge in [-0.25, -0.2) is 8.42 Å². The molecule has 2 aromatic rings. The number of sulfonamides is 1. The molecule has 1 amide bonds. The van der Waals surface area contributed by atoms with E-state index in [0.29, 0.717) is 11.6 Å². The molecule has 0 radical (unpaired) electrons. The summed E-state index contributed by atoms with van der Waals surface area (Å²) < 4.78 is 28.2. The molecular weight excluding hydrogens is 420 g/mol. The van der Waals surface area contributed by atoms with Crippen molar-refractivity contribution < 1.29 is 13.2 Å². The van der Waals surface area contributed by atoms with Crippen molar-refractivity contribution in [2.24, 2.45) is 0 Å². The zero-order chi connectivity index (χ0) is 21.4. The molecule has 1 atom stereocenters. The molecule has 0 unspecified atom stereocenters. The quantitative estimate of drug-likeness (QED) is 0.566. The largest absolute Gasteiger partial charge is 0.354 e. The van der Waals surface area contributed by atoms with Crippen LogP contribution in [-0.4, -0.2) is 26.9 Å². The molecule has 0 bridgehead atoms. The SMILES string of the molecule is O=C(NCCC1=CCCCC1)[C@@H](Cc1ccccc1)NS(=O)(=O)c1ccc(Cl)cc1. The van der Waals surface area contributed by atoms with Gasteiger partial charge in [0.05, 0.1) is 4.90 Å². The molecule has 1 aliphatic carbocycles. The van der Waals surface area contributed by atoms with E-state index in [1.54, 1.807) is 0 Å². The maximum absolute atomic E-state index is 12.9. The predicted molar refractivity (Wildman–Crippen MR) is 120 cm³/mol. The highest BCUT2D eigenvalue weighted by molar-refractivity contribution is 7.89. The van der Waals surface area contributed by atoms with Gasteiger partial charge in [0.2, 0.25) is 15.9 Å².